The fourth-order valence-corrected chi connectivity index (χ4v) is 1.54. The number of hydrogen-bond acceptors (Lipinski definition) is 2. The lowest BCUT2D eigenvalue weighted by atomic mass is 10.2. The van der Waals surface area contributed by atoms with Crippen molar-refractivity contribution in [3.05, 3.63) is 77.9 Å². The van der Waals surface area contributed by atoms with E-state index in [1.807, 2.05) is 60.7 Å². The number of esters is 1. The van der Waals surface area contributed by atoms with Crippen molar-refractivity contribution in [3.8, 4) is 11.8 Å². The molecule has 0 aromatic heterocycles. The Hall–Kier alpha value is -2.79. The van der Waals surface area contributed by atoms with Crippen LogP contribution in [0.5, 0.6) is 0 Å². The van der Waals surface area contributed by atoms with Crippen LogP contribution in [0.4, 0.5) is 0 Å². The summed E-state index contributed by atoms with van der Waals surface area (Å²) < 4.78 is 4.99. The summed E-state index contributed by atoms with van der Waals surface area (Å²) >= 11 is 0. The monoisotopic (exact) mass is 262 g/mol. The van der Waals surface area contributed by atoms with E-state index in [4.69, 9.17) is 4.74 Å². The van der Waals surface area contributed by atoms with Gasteiger partial charge in [-0.05, 0) is 23.8 Å². The summed E-state index contributed by atoms with van der Waals surface area (Å²) in [6.07, 6.45) is 3.12. The lowest BCUT2D eigenvalue weighted by Crippen LogP contribution is -2.00. The topological polar surface area (TPSA) is 26.3 Å². The quantitative estimate of drug-likeness (QED) is 0.482. The third kappa shape index (κ3) is 4.83. The van der Waals surface area contributed by atoms with Crippen LogP contribution in [0.2, 0.25) is 0 Å². The first-order valence-electron chi connectivity index (χ1n) is 6.28. The lowest BCUT2D eigenvalue weighted by molar-refractivity contribution is -0.136. The van der Waals surface area contributed by atoms with Crippen molar-refractivity contribution in [3.63, 3.8) is 0 Å². The Kier molecular flexibility index (Phi) is 5.18. The van der Waals surface area contributed by atoms with Crippen LogP contribution in [0.25, 0.3) is 6.08 Å². The fourth-order valence-electron chi connectivity index (χ4n) is 1.54. The van der Waals surface area contributed by atoms with Crippen LogP contribution in [0.3, 0.4) is 0 Å². The Morgan fingerprint density at radius 1 is 1.00 bits per heavy atom. The summed E-state index contributed by atoms with van der Waals surface area (Å²) in [5.41, 5.74) is 1.86. The van der Waals surface area contributed by atoms with Gasteiger partial charge in [0.25, 0.3) is 0 Å². The molecule has 0 fully saturated rings. The van der Waals surface area contributed by atoms with Gasteiger partial charge < -0.3 is 4.74 Å². The Morgan fingerprint density at radius 3 is 2.35 bits per heavy atom. The second kappa shape index (κ2) is 7.60. The Labute approximate surface area is 118 Å². The molecule has 20 heavy (non-hydrogen) atoms. The second-order valence-corrected chi connectivity index (χ2v) is 4.02. The minimum atomic E-state index is -0.392. The molecule has 2 rings (SSSR count). The van der Waals surface area contributed by atoms with Crippen LogP contribution in [-0.2, 0) is 9.53 Å². The first-order valence-corrected chi connectivity index (χ1v) is 6.28. The first kappa shape index (κ1) is 13.6. The molecule has 2 heteroatoms. The first-order chi connectivity index (χ1) is 9.84. The summed E-state index contributed by atoms with van der Waals surface area (Å²) in [5, 5.41) is 0. The molecule has 0 N–H and O–H groups in total. The van der Waals surface area contributed by atoms with Gasteiger partial charge in [0.2, 0.25) is 0 Å². The van der Waals surface area contributed by atoms with E-state index >= 15 is 0 Å². The van der Waals surface area contributed by atoms with E-state index in [0.29, 0.717) is 0 Å². The summed E-state index contributed by atoms with van der Waals surface area (Å²) in [6, 6.07) is 19.2. The van der Waals surface area contributed by atoms with Crippen molar-refractivity contribution in [1.29, 1.82) is 0 Å². The molecule has 2 nitrogen and oxygen atoms in total. The van der Waals surface area contributed by atoms with Crippen LogP contribution in [-0.4, -0.2) is 12.6 Å². The standard InChI is InChI=1S/C18H14O2/c19-18(14-13-17-10-5-2-6-11-17)20-15-7-12-16-8-3-1-4-9-16/h1-6,8-11,13-14H,15H2/b14-13+. The minimum Gasteiger partial charge on any atom is -0.449 e. The van der Waals surface area contributed by atoms with Crippen molar-refractivity contribution in [1.82, 2.24) is 0 Å². The van der Waals surface area contributed by atoms with Crippen molar-refractivity contribution in [2.75, 3.05) is 6.61 Å². The number of carbonyl (C=O) groups is 1. The van der Waals surface area contributed by atoms with E-state index in [1.165, 1.54) is 6.08 Å². The van der Waals surface area contributed by atoms with Crippen LogP contribution >= 0.6 is 0 Å². The molecular formula is C18H14O2. The summed E-state index contributed by atoms with van der Waals surface area (Å²) in [5.74, 6) is 5.33. The van der Waals surface area contributed by atoms with Crippen molar-refractivity contribution in [2.45, 2.75) is 0 Å². The van der Waals surface area contributed by atoms with Crippen LogP contribution in [0.1, 0.15) is 11.1 Å². The van der Waals surface area contributed by atoms with E-state index in [9.17, 15) is 4.79 Å². The maximum absolute atomic E-state index is 11.5. The van der Waals surface area contributed by atoms with E-state index in [1.54, 1.807) is 6.08 Å². The molecule has 0 unspecified atom stereocenters. The average Bonchev–Trinajstić information content (AvgIpc) is 2.52. The normalized spacial score (nSPS) is 9.80. The van der Waals surface area contributed by atoms with Gasteiger partial charge in [-0.3, -0.25) is 0 Å². The molecule has 0 saturated heterocycles. The van der Waals surface area contributed by atoms with Gasteiger partial charge in [0, 0.05) is 11.6 Å². The Balaban J connectivity index is 1.79. The highest BCUT2D eigenvalue weighted by Crippen LogP contribution is 2.01. The Bertz CT molecular complexity index is 631. The molecule has 0 aliphatic heterocycles. The maximum Gasteiger partial charge on any atom is 0.331 e. The molecule has 0 saturated carbocycles. The van der Waals surface area contributed by atoms with Gasteiger partial charge in [-0.25, -0.2) is 4.79 Å². The van der Waals surface area contributed by atoms with Gasteiger partial charge in [-0.15, -0.1) is 0 Å². The van der Waals surface area contributed by atoms with Crippen molar-refractivity contribution >= 4 is 12.0 Å². The molecule has 0 aliphatic carbocycles. The number of hydrogen-bond donors (Lipinski definition) is 0. The molecular weight excluding hydrogens is 248 g/mol. The molecule has 0 bridgehead atoms. The van der Waals surface area contributed by atoms with E-state index in [-0.39, 0.29) is 6.61 Å². The molecule has 98 valence electrons. The molecule has 0 spiro atoms. The average molecular weight is 262 g/mol. The highest BCUT2D eigenvalue weighted by molar-refractivity contribution is 5.87. The molecule has 2 aromatic rings. The summed E-state index contributed by atoms with van der Waals surface area (Å²) in [6.45, 7) is 0.0901. The maximum atomic E-state index is 11.5. The molecule has 0 amide bonds. The molecule has 2 aromatic carbocycles. The number of carbonyl (C=O) groups excluding carboxylic acids is 1. The van der Waals surface area contributed by atoms with Crippen LogP contribution in [0.15, 0.2) is 66.7 Å². The zero-order valence-corrected chi connectivity index (χ0v) is 11.0. The van der Waals surface area contributed by atoms with Crippen molar-refractivity contribution < 1.29 is 9.53 Å². The van der Waals surface area contributed by atoms with Crippen LogP contribution in [0, 0.1) is 11.8 Å². The zero-order chi connectivity index (χ0) is 14.0. The van der Waals surface area contributed by atoms with E-state index in [2.05, 4.69) is 11.8 Å². The predicted molar refractivity (Wildman–Crippen MR) is 79.8 cm³/mol. The molecule has 0 radical (unpaired) electrons. The highest BCUT2D eigenvalue weighted by Gasteiger charge is 1.94. The number of rotatable bonds is 3. The summed E-state index contributed by atoms with van der Waals surface area (Å²) in [4.78, 5) is 11.5. The SMILES string of the molecule is O=C(/C=C/c1ccccc1)OCC#Cc1ccccc1. The Morgan fingerprint density at radius 2 is 1.65 bits per heavy atom. The highest BCUT2D eigenvalue weighted by atomic mass is 16.5. The third-order valence-corrected chi connectivity index (χ3v) is 2.50. The smallest absolute Gasteiger partial charge is 0.331 e. The van der Waals surface area contributed by atoms with E-state index in [0.717, 1.165) is 11.1 Å². The van der Waals surface area contributed by atoms with Gasteiger partial charge >= 0.3 is 5.97 Å². The largest absolute Gasteiger partial charge is 0.449 e. The summed E-state index contributed by atoms with van der Waals surface area (Å²) in [7, 11) is 0. The number of ether oxygens (including phenoxy) is 1. The molecule has 0 aliphatic rings. The van der Waals surface area contributed by atoms with Gasteiger partial charge in [-0.1, -0.05) is 60.4 Å². The van der Waals surface area contributed by atoms with Gasteiger partial charge in [0.05, 0.1) is 0 Å². The van der Waals surface area contributed by atoms with Gasteiger partial charge in [0.1, 0.15) is 0 Å². The van der Waals surface area contributed by atoms with E-state index < -0.39 is 5.97 Å². The van der Waals surface area contributed by atoms with Crippen molar-refractivity contribution in [2.24, 2.45) is 0 Å². The molecule has 0 atom stereocenters. The molecule has 0 heterocycles. The zero-order valence-electron chi connectivity index (χ0n) is 11.0. The lowest BCUT2D eigenvalue weighted by Gasteiger charge is -1.95. The number of benzene rings is 2. The van der Waals surface area contributed by atoms with Gasteiger partial charge in [0.15, 0.2) is 6.61 Å². The predicted octanol–water partition coefficient (Wildman–Crippen LogP) is 3.29. The van der Waals surface area contributed by atoms with Crippen LogP contribution < -0.4 is 0 Å². The third-order valence-electron chi connectivity index (χ3n) is 2.50. The fraction of sp³-hybridized carbons (Fsp3) is 0.0556. The van der Waals surface area contributed by atoms with Gasteiger partial charge in [-0.2, -0.15) is 0 Å². The second-order valence-electron chi connectivity index (χ2n) is 4.02. The minimum absolute atomic E-state index is 0.0901.